The Morgan fingerprint density at radius 1 is 0.961 bits per heavy atom. The van der Waals surface area contributed by atoms with Crippen molar-refractivity contribution in [3.63, 3.8) is 0 Å². The molecule has 4 amide bonds. The van der Waals surface area contributed by atoms with Gasteiger partial charge in [-0.25, -0.2) is 4.98 Å². The number of carbonyl (C=O) groups is 4. The molecule has 1 saturated heterocycles. The van der Waals surface area contributed by atoms with Crippen LogP contribution in [0.3, 0.4) is 0 Å². The highest BCUT2D eigenvalue weighted by Crippen LogP contribution is 2.32. The zero-order valence-corrected chi connectivity index (χ0v) is 30.8. The third-order valence-electron chi connectivity index (χ3n) is 8.62. The Morgan fingerprint density at radius 3 is 2.41 bits per heavy atom. The number of methoxy groups -OCH3 is 1. The number of nitrogens with zero attached hydrogens (tertiary/aromatic N) is 4. The zero-order chi connectivity index (χ0) is 35.1. The summed E-state index contributed by atoms with van der Waals surface area (Å²) in [5.74, 6) is -0.475. The number of unbranched alkanes of at least 4 members (excludes halogenated alkanes) is 2. The molecule has 15 heteroatoms. The van der Waals surface area contributed by atoms with Crippen LogP contribution in [0, 0.1) is 6.92 Å². The molecule has 1 fully saturated rings. The van der Waals surface area contributed by atoms with Crippen LogP contribution < -0.4 is 25.4 Å². The molecule has 1 aliphatic rings. The lowest BCUT2D eigenvalue weighted by Gasteiger charge is -2.32. The summed E-state index contributed by atoms with van der Waals surface area (Å²) in [6, 6.07) is 15.4. The molecule has 2 heterocycles. The lowest BCUT2D eigenvalue weighted by molar-refractivity contribution is -0.132. The number of hydrogen-bond acceptors (Lipinski definition) is 8. The van der Waals surface area contributed by atoms with E-state index < -0.39 is 11.8 Å². The van der Waals surface area contributed by atoms with Gasteiger partial charge >= 0.3 is 0 Å². The molecule has 5 rings (SSSR count). The number of benzene rings is 3. The average molecular weight is 743 g/mol. The summed E-state index contributed by atoms with van der Waals surface area (Å²) in [6.07, 6.45) is 3.00. The molecule has 0 atom stereocenters. The van der Waals surface area contributed by atoms with E-state index in [-0.39, 0.29) is 53.8 Å². The number of nitrogens with two attached hydrogens (primary N) is 1. The van der Waals surface area contributed by atoms with Gasteiger partial charge in [0.1, 0.15) is 17.0 Å². The minimum absolute atomic E-state index is 0. The number of H-pyrrole nitrogens is 1. The number of para-hydroxylation sites is 1. The van der Waals surface area contributed by atoms with Gasteiger partial charge in [-0.1, -0.05) is 12.1 Å². The summed E-state index contributed by atoms with van der Waals surface area (Å²) in [5, 5.41) is 2.81. The van der Waals surface area contributed by atoms with Crippen molar-refractivity contribution >= 4 is 70.9 Å². The molecule has 51 heavy (non-hydrogen) atoms. The molecule has 0 radical (unpaired) electrons. The first-order valence-electron chi connectivity index (χ1n) is 16.3. The number of imidazole rings is 1. The first-order valence-corrected chi connectivity index (χ1v) is 16.3. The predicted octanol–water partition coefficient (Wildman–Crippen LogP) is 5.06. The number of carbonyl (C=O) groups excluding carboxylic acids is 4. The van der Waals surface area contributed by atoms with Gasteiger partial charge < -0.3 is 40.2 Å². The zero-order valence-electron chi connectivity index (χ0n) is 29.2. The third-order valence-corrected chi connectivity index (χ3v) is 8.62. The number of hydrogen-bond donors (Lipinski definition) is 3. The summed E-state index contributed by atoms with van der Waals surface area (Å²) in [7, 11) is 5.20. The SMILES string of the molecule is COc1cc(C(=O)N(C)c2ccc(C)cc2OCCCCCC(=O)N2CCN(C)CC2)ccc1NC(=O)c1cccc2[nH]c(C(N)=O)nc12.Cl.Cl. The Hall–Kier alpha value is -4.85. The van der Waals surface area contributed by atoms with E-state index in [2.05, 4.69) is 27.2 Å². The Balaban J connectivity index is 0.00000351. The predicted molar refractivity (Wildman–Crippen MR) is 202 cm³/mol. The van der Waals surface area contributed by atoms with Crippen LogP contribution >= 0.6 is 24.8 Å². The molecule has 1 aromatic heterocycles. The molecular formula is C36H45Cl2N7O6. The quantitative estimate of drug-likeness (QED) is 0.160. The maximum absolute atomic E-state index is 13.7. The number of aromatic nitrogens is 2. The number of anilines is 2. The van der Waals surface area contributed by atoms with Gasteiger partial charge in [0.25, 0.3) is 17.7 Å². The first-order chi connectivity index (χ1) is 23.5. The normalized spacial score (nSPS) is 12.7. The Labute approximate surface area is 309 Å². The fourth-order valence-corrected chi connectivity index (χ4v) is 5.72. The highest BCUT2D eigenvalue weighted by molar-refractivity contribution is 6.13. The van der Waals surface area contributed by atoms with Crippen molar-refractivity contribution in [2.45, 2.75) is 32.6 Å². The maximum Gasteiger partial charge on any atom is 0.284 e. The van der Waals surface area contributed by atoms with Crippen LogP contribution in [0.2, 0.25) is 0 Å². The highest BCUT2D eigenvalue weighted by atomic mass is 35.5. The van der Waals surface area contributed by atoms with Gasteiger partial charge in [-0.15, -0.1) is 24.8 Å². The highest BCUT2D eigenvalue weighted by Gasteiger charge is 2.22. The van der Waals surface area contributed by atoms with Crippen molar-refractivity contribution in [3.8, 4) is 11.5 Å². The summed E-state index contributed by atoms with van der Waals surface area (Å²) < 4.78 is 11.7. The summed E-state index contributed by atoms with van der Waals surface area (Å²) in [5.41, 5.74) is 8.66. The molecule has 0 spiro atoms. The number of nitrogens with one attached hydrogen (secondary N) is 2. The largest absolute Gasteiger partial charge is 0.495 e. The minimum atomic E-state index is -0.736. The Bertz CT molecular complexity index is 1860. The fourth-order valence-electron chi connectivity index (χ4n) is 5.72. The first kappa shape index (κ1) is 40.6. The van der Waals surface area contributed by atoms with Crippen LogP contribution in [0.25, 0.3) is 11.0 Å². The number of amides is 4. The van der Waals surface area contributed by atoms with Crippen LogP contribution in [-0.4, -0.2) is 97.4 Å². The van der Waals surface area contributed by atoms with Gasteiger partial charge in [0, 0.05) is 45.2 Å². The third kappa shape index (κ3) is 9.90. The lowest BCUT2D eigenvalue weighted by Crippen LogP contribution is -2.47. The van der Waals surface area contributed by atoms with Crippen LogP contribution in [0.5, 0.6) is 11.5 Å². The molecule has 4 aromatic rings. The second-order valence-corrected chi connectivity index (χ2v) is 12.2. The van der Waals surface area contributed by atoms with Crippen molar-refractivity contribution in [1.29, 1.82) is 0 Å². The van der Waals surface area contributed by atoms with E-state index in [0.717, 1.165) is 51.0 Å². The fraction of sp³-hybridized carbons (Fsp3) is 0.361. The number of aromatic amines is 1. The maximum atomic E-state index is 13.7. The van der Waals surface area contributed by atoms with Gasteiger partial charge in [0.15, 0.2) is 5.82 Å². The molecular weight excluding hydrogens is 697 g/mol. The number of rotatable bonds is 13. The molecule has 0 aliphatic carbocycles. The summed E-state index contributed by atoms with van der Waals surface area (Å²) >= 11 is 0. The molecule has 0 saturated carbocycles. The number of fused-ring (bicyclic) bond motifs is 1. The van der Waals surface area contributed by atoms with Crippen LogP contribution in [-0.2, 0) is 4.79 Å². The van der Waals surface area contributed by atoms with Crippen molar-refractivity contribution in [2.24, 2.45) is 5.73 Å². The van der Waals surface area contributed by atoms with Gasteiger partial charge in [-0.3, -0.25) is 19.2 Å². The molecule has 3 aromatic carbocycles. The Kier molecular flexibility index (Phi) is 14.6. The number of likely N-dealkylation sites (N-methyl/N-ethyl adjacent to an activating group) is 1. The van der Waals surface area contributed by atoms with E-state index in [9.17, 15) is 19.2 Å². The molecule has 13 nitrogen and oxygen atoms in total. The van der Waals surface area contributed by atoms with E-state index in [1.165, 1.54) is 12.0 Å². The van der Waals surface area contributed by atoms with Crippen molar-refractivity contribution < 1.29 is 28.7 Å². The summed E-state index contributed by atoms with van der Waals surface area (Å²) in [6.45, 7) is 5.83. The van der Waals surface area contributed by atoms with Crippen LogP contribution in [0.15, 0.2) is 54.6 Å². The van der Waals surface area contributed by atoms with E-state index in [4.69, 9.17) is 15.2 Å². The van der Waals surface area contributed by atoms with Crippen molar-refractivity contribution in [3.05, 3.63) is 77.1 Å². The second-order valence-electron chi connectivity index (χ2n) is 12.2. The lowest BCUT2D eigenvalue weighted by atomic mass is 10.1. The van der Waals surface area contributed by atoms with Gasteiger partial charge in [0.2, 0.25) is 5.91 Å². The van der Waals surface area contributed by atoms with E-state index in [0.29, 0.717) is 46.7 Å². The Morgan fingerprint density at radius 2 is 1.71 bits per heavy atom. The smallest absolute Gasteiger partial charge is 0.284 e. The number of primary amides is 1. The van der Waals surface area contributed by atoms with E-state index in [1.807, 2.05) is 30.0 Å². The summed E-state index contributed by atoms with van der Waals surface area (Å²) in [4.78, 5) is 63.7. The van der Waals surface area contributed by atoms with Crippen LogP contribution in [0.1, 0.15) is 62.6 Å². The topological polar surface area (TPSA) is 163 Å². The van der Waals surface area contributed by atoms with Crippen LogP contribution in [0.4, 0.5) is 11.4 Å². The number of piperazine rings is 1. The standard InChI is InChI=1S/C36H43N7O6.2ClH/c1-23-12-15-28(30(21-23)49-20-7-5-6-11-31(44)43-18-16-41(2)17-19-43)42(3)36(47)24-13-14-26(29(22-24)48-4)39-35(46)25-9-8-10-27-32(25)40-34(38-27)33(37)45;;/h8-10,12-15,21-22H,5-7,11,16-20H2,1-4H3,(H2,37,45)(H,38,40)(H,39,46);2*1H. The van der Waals surface area contributed by atoms with Gasteiger partial charge in [0.05, 0.1) is 36.2 Å². The van der Waals surface area contributed by atoms with Crippen molar-refractivity contribution in [1.82, 2.24) is 19.8 Å². The molecule has 4 N–H and O–H groups in total. The minimum Gasteiger partial charge on any atom is -0.495 e. The van der Waals surface area contributed by atoms with Gasteiger partial charge in [-0.05, 0) is 81.3 Å². The second kappa shape index (κ2) is 18.4. The van der Waals surface area contributed by atoms with E-state index in [1.54, 1.807) is 43.4 Å². The average Bonchev–Trinajstić information content (AvgIpc) is 3.55. The van der Waals surface area contributed by atoms with Gasteiger partial charge in [-0.2, -0.15) is 0 Å². The molecule has 0 bridgehead atoms. The molecule has 274 valence electrons. The molecule has 0 unspecified atom stereocenters. The molecule has 1 aliphatic heterocycles. The number of halogens is 2. The number of aryl methyl sites for hydroxylation is 1. The monoisotopic (exact) mass is 741 g/mol. The van der Waals surface area contributed by atoms with E-state index >= 15 is 0 Å². The van der Waals surface area contributed by atoms with Crippen molar-refractivity contribution in [2.75, 3.05) is 64.2 Å². The number of ether oxygens (including phenoxy) is 2.